The first-order valence-electron chi connectivity index (χ1n) is 11.4. The molecule has 10 heteroatoms. The molecular weight excluding hydrogens is 424 g/mol. The lowest BCUT2D eigenvalue weighted by Gasteiger charge is -2.22. The number of anilines is 3. The number of nitrogens with two attached hydrogens (primary N) is 1. The number of nitrogens with one attached hydrogen (secondary N) is 1. The molecule has 0 unspecified atom stereocenters. The van der Waals surface area contributed by atoms with Gasteiger partial charge in [0.05, 0.1) is 11.1 Å². The molecule has 0 fully saturated rings. The highest BCUT2D eigenvalue weighted by atomic mass is 16.4. The van der Waals surface area contributed by atoms with Crippen LogP contribution in [-0.2, 0) is 0 Å². The molecule has 1 aromatic carbocycles. The van der Waals surface area contributed by atoms with E-state index in [1.807, 2.05) is 0 Å². The summed E-state index contributed by atoms with van der Waals surface area (Å²) in [5.74, 6) is -0.884. The lowest BCUT2D eigenvalue weighted by molar-refractivity contribution is 0.0651. The number of hydrogen-bond donors (Lipinski definition) is 4. The fourth-order valence-corrected chi connectivity index (χ4v) is 2.84. The first kappa shape index (κ1) is 27.6. The van der Waals surface area contributed by atoms with Gasteiger partial charge in [-0.2, -0.15) is 15.0 Å². The standard InChI is InChI=1S/C15H30N6.C8H6O4/c1-4-7-10-17-14-18-13(16)19-15(20-14)21(11-8-5-2)12-9-6-3;9-7(10)5-3-1-2-4-6(5)8(11)12/h4-12H2,1-3H3,(H3,16,17,18,19,20);1-4H,(H,9,10)(H,11,12). The minimum Gasteiger partial charge on any atom is -0.478 e. The summed E-state index contributed by atoms with van der Waals surface area (Å²) in [6, 6.07) is 5.48. The Morgan fingerprint density at radius 1 is 0.879 bits per heavy atom. The summed E-state index contributed by atoms with van der Waals surface area (Å²) in [6.45, 7) is 9.34. The zero-order valence-corrected chi connectivity index (χ0v) is 19.8. The molecule has 10 nitrogen and oxygen atoms in total. The zero-order chi connectivity index (χ0) is 24.6. The van der Waals surface area contributed by atoms with Gasteiger partial charge in [-0.3, -0.25) is 0 Å². The summed E-state index contributed by atoms with van der Waals surface area (Å²) in [5, 5.41) is 20.3. The Morgan fingerprint density at radius 2 is 1.39 bits per heavy atom. The van der Waals surface area contributed by atoms with Crippen molar-refractivity contribution < 1.29 is 19.8 Å². The molecule has 0 saturated carbocycles. The first-order valence-corrected chi connectivity index (χ1v) is 11.4. The molecule has 0 aliphatic rings. The molecule has 0 saturated heterocycles. The van der Waals surface area contributed by atoms with Crippen LogP contribution in [0, 0.1) is 0 Å². The van der Waals surface area contributed by atoms with Crippen molar-refractivity contribution in [2.75, 3.05) is 35.6 Å². The van der Waals surface area contributed by atoms with Gasteiger partial charge in [-0.15, -0.1) is 0 Å². The second-order valence-corrected chi connectivity index (χ2v) is 7.45. The van der Waals surface area contributed by atoms with Crippen LogP contribution in [0.3, 0.4) is 0 Å². The van der Waals surface area contributed by atoms with Crippen molar-refractivity contribution in [3.8, 4) is 0 Å². The number of hydrogen-bond acceptors (Lipinski definition) is 8. The molecule has 5 N–H and O–H groups in total. The van der Waals surface area contributed by atoms with Gasteiger partial charge in [0.25, 0.3) is 0 Å². The Balaban J connectivity index is 0.000000383. The van der Waals surface area contributed by atoms with Crippen LogP contribution in [0.1, 0.15) is 80.0 Å². The van der Waals surface area contributed by atoms with Crippen LogP contribution in [0.4, 0.5) is 17.8 Å². The summed E-state index contributed by atoms with van der Waals surface area (Å²) in [7, 11) is 0. The Labute approximate surface area is 195 Å². The number of unbranched alkanes of at least 4 members (excludes halogenated alkanes) is 3. The van der Waals surface area contributed by atoms with Gasteiger partial charge in [0, 0.05) is 19.6 Å². The highest BCUT2D eigenvalue weighted by Crippen LogP contribution is 2.14. The summed E-state index contributed by atoms with van der Waals surface area (Å²) < 4.78 is 0. The Morgan fingerprint density at radius 3 is 1.85 bits per heavy atom. The highest BCUT2D eigenvalue weighted by molar-refractivity contribution is 6.01. The number of nitrogen functional groups attached to an aromatic ring is 1. The van der Waals surface area contributed by atoms with Crippen molar-refractivity contribution in [1.29, 1.82) is 0 Å². The van der Waals surface area contributed by atoms with Gasteiger partial charge in [-0.05, 0) is 31.4 Å². The summed E-state index contributed by atoms with van der Waals surface area (Å²) in [5.41, 5.74) is 5.45. The molecule has 0 radical (unpaired) electrons. The maximum Gasteiger partial charge on any atom is 0.336 e. The van der Waals surface area contributed by atoms with Crippen LogP contribution >= 0.6 is 0 Å². The largest absolute Gasteiger partial charge is 0.478 e. The quantitative estimate of drug-likeness (QED) is 0.320. The van der Waals surface area contributed by atoms with Gasteiger partial charge in [-0.1, -0.05) is 52.2 Å². The molecule has 0 spiro atoms. The molecule has 0 aliphatic heterocycles. The van der Waals surface area contributed by atoms with Crippen molar-refractivity contribution in [2.24, 2.45) is 0 Å². The fourth-order valence-electron chi connectivity index (χ4n) is 2.84. The summed E-state index contributed by atoms with van der Waals surface area (Å²) in [6.07, 6.45) is 6.81. The second kappa shape index (κ2) is 15.4. The van der Waals surface area contributed by atoms with Gasteiger partial charge >= 0.3 is 11.9 Å². The van der Waals surface area contributed by atoms with E-state index in [-0.39, 0.29) is 17.1 Å². The molecule has 1 aromatic heterocycles. The Hall–Kier alpha value is -3.43. The minimum absolute atomic E-state index is 0.190. The molecule has 2 rings (SSSR count). The highest BCUT2D eigenvalue weighted by Gasteiger charge is 2.14. The molecule has 1 heterocycles. The van der Waals surface area contributed by atoms with E-state index in [9.17, 15) is 9.59 Å². The first-order chi connectivity index (χ1) is 15.8. The predicted molar refractivity (Wildman–Crippen MR) is 130 cm³/mol. The smallest absolute Gasteiger partial charge is 0.336 e. The van der Waals surface area contributed by atoms with Gasteiger partial charge in [-0.25, -0.2) is 9.59 Å². The minimum atomic E-state index is -1.23. The normalized spacial score (nSPS) is 10.2. The fraction of sp³-hybridized carbons (Fsp3) is 0.522. The van der Waals surface area contributed by atoms with Gasteiger partial charge in [0.15, 0.2) is 0 Å². The van der Waals surface area contributed by atoms with E-state index in [2.05, 4.69) is 45.9 Å². The predicted octanol–water partition coefficient (Wildman–Crippen LogP) is 4.16. The van der Waals surface area contributed by atoms with E-state index in [4.69, 9.17) is 15.9 Å². The number of benzene rings is 1. The Kier molecular flexibility index (Phi) is 12.9. The Bertz CT molecular complexity index is 837. The van der Waals surface area contributed by atoms with Crippen LogP contribution in [-0.4, -0.2) is 56.7 Å². The van der Waals surface area contributed by atoms with E-state index in [0.717, 1.165) is 58.2 Å². The molecule has 0 amide bonds. The maximum absolute atomic E-state index is 10.5. The number of carboxylic acid groups (broad SMARTS) is 2. The number of aromatic carboxylic acids is 2. The lowest BCUT2D eigenvalue weighted by Crippen LogP contribution is -2.28. The van der Waals surface area contributed by atoms with E-state index in [0.29, 0.717) is 11.9 Å². The second-order valence-electron chi connectivity index (χ2n) is 7.45. The van der Waals surface area contributed by atoms with E-state index >= 15 is 0 Å². The van der Waals surface area contributed by atoms with Crippen molar-refractivity contribution in [3.63, 3.8) is 0 Å². The lowest BCUT2D eigenvalue weighted by atomic mass is 10.1. The van der Waals surface area contributed by atoms with Crippen molar-refractivity contribution in [1.82, 2.24) is 15.0 Å². The van der Waals surface area contributed by atoms with Gasteiger partial charge in [0.1, 0.15) is 0 Å². The van der Waals surface area contributed by atoms with Gasteiger partial charge in [0.2, 0.25) is 17.8 Å². The molecule has 182 valence electrons. The third-order valence-electron chi connectivity index (χ3n) is 4.69. The number of aromatic nitrogens is 3. The average molecular weight is 461 g/mol. The molecule has 0 aliphatic carbocycles. The SMILES string of the molecule is CCCCNc1nc(N)nc(N(CCCC)CCCC)n1.O=C(O)c1ccccc1C(=O)O. The maximum atomic E-state index is 10.5. The zero-order valence-electron chi connectivity index (χ0n) is 19.8. The topological polar surface area (TPSA) is 155 Å². The molecule has 0 atom stereocenters. The number of rotatable bonds is 13. The van der Waals surface area contributed by atoms with E-state index in [1.165, 1.54) is 24.3 Å². The van der Waals surface area contributed by atoms with Crippen molar-refractivity contribution in [3.05, 3.63) is 35.4 Å². The number of carboxylic acids is 2. The van der Waals surface area contributed by atoms with Gasteiger partial charge < -0.3 is 26.2 Å². The van der Waals surface area contributed by atoms with Crippen LogP contribution in [0.5, 0.6) is 0 Å². The average Bonchev–Trinajstić information content (AvgIpc) is 2.79. The number of nitrogens with zero attached hydrogens (tertiary/aromatic N) is 4. The van der Waals surface area contributed by atoms with E-state index in [1.54, 1.807) is 0 Å². The summed E-state index contributed by atoms with van der Waals surface area (Å²) in [4.78, 5) is 36.1. The van der Waals surface area contributed by atoms with Crippen LogP contribution in [0.2, 0.25) is 0 Å². The molecular formula is C23H36N6O4. The molecule has 0 bridgehead atoms. The van der Waals surface area contributed by atoms with Crippen LogP contribution < -0.4 is 16.0 Å². The van der Waals surface area contributed by atoms with E-state index < -0.39 is 11.9 Å². The monoisotopic (exact) mass is 460 g/mol. The van der Waals surface area contributed by atoms with Crippen LogP contribution in [0.25, 0.3) is 0 Å². The van der Waals surface area contributed by atoms with Crippen molar-refractivity contribution in [2.45, 2.75) is 59.3 Å². The van der Waals surface area contributed by atoms with Crippen LogP contribution in [0.15, 0.2) is 24.3 Å². The molecule has 33 heavy (non-hydrogen) atoms. The molecule has 2 aromatic rings. The third kappa shape index (κ3) is 10.2. The third-order valence-corrected chi connectivity index (χ3v) is 4.69. The number of carbonyl (C=O) groups is 2. The summed E-state index contributed by atoms with van der Waals surface area (Å²) >= 11 is 0. The van der Waals surface area contributed by atoms with Crippen molar-refractivity contribution >= 4 is 29.8 Å².